The van der Waals surface area contributed by atoms with Crippen molar-refractivity contribution in [2.24, 2.45) is 5.73 Å². The van der Waals surface area contributed by atoms with E-state index in [2.05, 4.69) is 6.07 Å². The molecule has 1 aromatic carbocycles. The van der Waals surface area contributed by atoms with Gasteiger partial charge in [0, 0.05) is 16.8 Å². The standard InChI is InChI=1S/C21H16ClN3O3/c1-12-9-17-19(21(26)25(12)11-13-5-4-8-27-13)18(15(10-23)20(24)28-17)14-6-2-3-7-16(14)22/h2-9,18H,11,24H2,1H3. The van der Waals surface area contributed by atoms with Crippen LogP contribution in [-0.4, -0.2) is 4.57 Å². The topological polar surface area (TPSA) is 94.2 Å². The lowest BCUT2D eigenvalue weighted by atomic mass is 9.84. The monoisotopic (exact) mass is 393 g/mol. The number of fused-ring (bicyclic) bond motifs is 1. The zero-order valence-electron chi connectivity index (χ0n) is 15.0. The van der Waals surface area contributed by atoms with Crippen molar-refractivity contribution in [2.75, 3.05) is 0 Å². The summed E-state index contributed by atoms with van der Waals surface area (Å²) in [5.74, 6) is 0.243. The van der Waals surface area contributed by atoms with Crippen molar-refractivity contribution < 1.29 is 9.15 Å². The van der Waals surface area contributed by atoms with E-state index in [9.17, 15) is 10.1 Å². The SMILES string of the molecule is Cc1cc2c(c(=O)n1Cc1ccco1)C(c1ccccc1Cl)C(C#N)=C(N)O2. The van der Waals surface area contributed by atoms with E-state index in [0.717, 1.165) is 0 Å². The van der Waals surface area contributed by atoms with Crippen molar-refractivity contribution in [3.63, 3.8) is 0 Å². The first-order valence-electron chi connectivity index (χ1n) is 8.60. The number of aryl methyl sites for hydroxylation is 1. The number of aromatic nitrogens is 1. The van der Waals surface area contributed by atoms with Gasteiger partial charge in [-0.25, -0.2) is 0 Å². The summed E-state index contributed by atoms with van der Waals surface area (Å²) < 4.78 is 12.6. The molecule has 7 heteroatoms. The van der Waals surface area contributed by atoms with Crippen molar-refractivity contribution in [2.45, 2.75) is 19.4 Å². The fourth-order valence-corrected chi connectivity index (χ4v) is 3.71. The predicted molar refractivity (Wildman–Crippen MR) is 104 cm³/mol. The van der Waals surface area contributed by atoms with Gasteiger partial charge in [0.05, 0.1) is 24.3 Å². The van der Waals surface area contributed by atoms with Gasteiger partial charge in [0.15, 0.2) is 0 Å². The van der Waals surface area contributed by atoms with Gasteiger partial charge < -0.3 is 19.5 Å². The number of allylic oxidation sites excluding steroid dienone is 1. The first-order chi connectivity index (χ1) is 13.5. The van der Waals surface area contributed by atoms with E-state index in [1.165, 1.54) is 0 Å². The van der Waals surface area contributed by atoms with Crippen LogP contribution in [0.1, 0.15) is 28.5 Å². The molecule has 140 valence electrons. The van der Waals surface area contributed by atoms with E-state index in [1.807, 2.05) is 0 Å². The van der Waals surface area contributed by atoms with Gasteiger partial charge in [0.25, 0.3) is 5.56 Å². The molecule has 0 bridgehead atoms. The number of pyridine rings is 1. The van der Waals surface area contributed by atoms with E-state index >= 15 is 0 Å². The maximum atomic E-state index is 13.4. The second kappa shape index (κ2) is 6.95. The van der Waals surface area contributed by atoms with Crippen LogP contribution in [0.15, 0.2) is 69.4 Å². The first kappa shape index (κ1) is 18.0. The second-order valence-corrected chi connectivity index (χ2v) is 6.89. The molecule has 4 rings (SSSR count). The molecule has 2 N–H and O–H groups in total. The molecule has 1 aliphatic rings. The zero-order chi connectivity index (χ0) is 19.8. The van der Waals surface area contributed by atoms with Gasteiger partial charge in [-0.3, -0.25) is 4.79 Å². The first-order valence-corrected chi connectivity index (χ1v) is 8.97. The summed E-state index contributed by atoms with van der Waals surface area (Å²) in [6.45, 7) is 2.07. The summed E-state index contributed by atoms with van der Waals surface area (Å²) >= 11 is 6.40. The third-order valence-corrected chi connectivity index (χ3v) is 5.14. The van der Waals surface area contributed by atoms with Gasteiger partial charge >= 0.3 is 0 Å². The Balaban J connectivity index is 1.97. The van der Waals surface area contributed by atoms with E-state index in [-0.39, 0.29) is 23.6 Å². The average molecular weight is 394 g/mol. The summed E-state index contributed by atoms with van der Waals surface area (Å²) in [6, 6.07) is 14.5. The molecule has 0 aliphatic carbocycles. The molecule has 2 aromatic heterocycles. The number of nitrogens with zero attached hydrogens (tertiary/aromatic N) is 2. The predicted octanol–water partition coefficient (Wildman–Crippen LogP) is 3.67. The minimum absolute atomic E-state index is 0.0255. The highest BCUT2D eigenvalue weighted by Gasteiger charge is 2.35. The molecule has 0 saturated carbocycles. The number of benzene rings is 1. The Labute approximate surface area is 166 Å². The van der Waals surface area contributed by atoms with Crippen LogP contribution in [0.3, 0.4) is 0 Å². The molecule has 6 nitrogen and oxygen atoms in total. The fourth-order valence-electron chi connectivity index (χ4n) is 3.46. The molecule has 3 aromatic rings. The van der Waals surface area contributed by atoms with Crippen LogP contribution in [0, 0.1) is 18.3 Å². The van der Waals surface area contributed by atoms with Crippen LogP contribution in [-0.2, 0) is 6.54 Å². The van der Waals surface area contributed by atoms with Gasteiger partial charge in [-0.1, -0.05) is 29.8 Å². The highest BCUT2D eigenvalue weighted by molar-refractivity contribution is 6.31. The summed E-state index contributed by atoms with van der Waals surface area (Å²) in [4.78, 5) is 13.4. The Hall–Kier alpha value is -3.43. The lowest BCUT2D eigenvalue weighted by Crippen LogP contribution is -2.33. The molecule has 0 spiro atoms. The Kier molecular flexibility index (Phi) is 4.46. The van der Waals surface area contributed by atoms with Crippen LogP contribution < -0.4 is 16.0 Å². The van der Waals surface area contributed by atoms with Gasteiger partial charge in [0.1, 0.15) is 23.2 Å². The van der Waals surface area contributed by atoms with Gasteiger partial charge in [-0.15, -0.1) is 0 Å². The number of nitriles is 1. The summed E-state index contributed by atoms with van der Waals surface area (Å²) in [5, 5.41) is 10.1. The van der Waals surface area contributed by atoms with Gasteiger partial charge in [0.2, 0.25) is 5.88 Å². The van der Waals surface area contributed by atoms with Crippen LogP contribution >= 0.6 is 11.6 Å². The van der Waals surface area contributed by atoms with Crippen molar-refractivity contribution in [3.05, 3.63) is 98.1 Å². The maximum absolute atomic E-state index is 13.4. The average Bonchev–Trinajstić information content (AvgIpc) is 3.18. The van der Waals surface area contributed by atoms with E-state index in [0.29, 0.717) is 33.4 Å². The molecule has 3 heterocycles. The number of furan rings is 1. The highest BCUT2D eigenvalue weighted by Crippen LogP contribution is 2.42. The molecular weight excluding hydrogens is 378 g/mol. The van der Waals surface area contributed by atoms with E-state index < -0.39 is 5.92 Å². The Morgan fingerprint density at radius 2 is 2.07 bits per heavy atom. The maximum Gasteiger partial charge on any atom is 0.259 e. The van der Waals surface area contributed by atoms with Crippen molar-refractivity contribution in [3.8, 4) is 11.8 Å². The number of ether oxygens (including phenoxy) is 1. The summed E-state index contributed by atoms with van der Waals surface area (Å²) in [7, 11) is 0. The van der Waals surface area contributed by atoms with Crippen LogP contribution in [0.2, 0.25) is 5.02 Å². The molecule has 0 radical (unpaired) electrons. The molecular formula is C21H16ClN3O3. The van der Waals surface area contributed by atoms with E-state index in [1.54, 1.807) is 60.2 Å². The van der Waals surface area contributed by atoms with Gasteiger partial charge in [-0.05, 0) is 30.7 Å². The zero-order valence-corrected chi connectivity index (χ0v) is 15.7. The fraction of sp³-hybridized carbons (Fsp3) is 0.143. The summed E-state index contributed by atoms with van der Waals surface area (Å²) in [6.07, 6.45) is 1.56. The summed E-state index contributed by atoms with van der Waals surface area (Å²) in [5.41, 5.74) is 7.52. The Morgan fingerprint density at radius 3 is 2.75 bits per heavy atom. The quantitative estimate of drug-likeness (QED) is 0.732. The number of rotatable bonds is 3. The highest BCUT2D eigenvalue weighted by atomic mass is 35.5. The third kappa shape index (κ3) is 2.86. The minimum atomic E-state index is -0.710. The largest absolute Gasteiger partial charge is 0.467 e. The van der Waals surface area contributed by atoms with Crippen molar-refractivity contribution >= 4 is 11.6 Å². The molecule has 1 unspecified atom stereocenters. The molecule has 1 atom stereocenters. The Bertz CT molecular complexity index is 1190. The molecule has 0 fully saturated rings. The van der Waals surface area contributed by atoms with Gasteiger partial charge in [-0.2, -0.15) is 5.26 Å². The number of nitrogens with two attached hydrogens (primary N) is 1. The smallest absolute Gasteiger partial charge is 0.259 e. The van der Waals surface area contributed by atoms with E-state index in [4.69, 9.17) is 26.5 Å². The molecule has 28 heavy (non-hydrogen) atoms. The number of hydrogen-bond acceptors (Lipinski definition) is 5. The van der Waals surface area contributed by atoms with Crippen LogP contribution in [0.25, 0.3) is 0 Å². The lowest BCUT2D eigenvalue weighted by molar-refractivity contribution is 0.387. The second-order valence-electron chi connectivity index (χ2n) is 6.48. The molecule has 1 aliphatic heterocycles. The van der Waals surface area contributed by atoms with Crippen molar-refractivity contribution in [1.29, 1.82) is 5.26 Å². The Morgan fingerprint density at radius 1 is 1.29 bits per heavy atom. The molecule has 0 saturated heterocycles. The number of hydrogen-bond donors (Lipinski definition) is 1. The lowest BCUT2D eigenvalue weighted by Gasteiger charge is -2.27. The number of halogens is 1. The third-order valence-electron chi connectivity index (χ3n) is 4.80. The molecule has 0 amide bonds. The van der Waals surface area contributed by atoms with Crippen LogP contribution in [0.4, 0.5) is 0 Å². The minimum Gasteiger partial charge on any atom is -0.467 e. The normalized spacial score (nSPS) is 15.7. The van der Waals surface area contributed by atoms with Crippen LogP contribution in [0.5, 0.6) is 5.75 Å². The van der Waals surface area contributed by atoms with Crippen molar-refractivity contribution in [1.82, 2.24) is 4.57 Å².